The molecule has 8 nitrogen and oxygen atoms in total. The maximum absolute atomic E-state index is 13.1. The van der Waals surface area contributed by atoms with Gasteiger partial charge in [0, 0.05) is 38.7 Å². The first-order valence-electron chi connectivity index (χ1n) is 8.46. The van der Waals surface area contributed by atoms with Gasteiger partial charge in [0.25, 0.3) is 5.91 Å². The molecule has 0 saturated heterocycles. The van der Waals surface area contributed by atoms with Crippen LogP contribution in [0.25, 0.3) is 5.65 Å². The van der Waals surface area contributed by atoms with Crippen LogP contribution >= 0.6 is 0 Å². The van der Waals surface area contributed by atoms with E-state index in [0.717, 1.165) is 16.8 Å². The van der Waals surface area contributed by atoms with E-state index in [1.54, 1.807) is 27.7 Å². The molecule has 0 fully saturated rings. The van der Waals surface area contributed by atoms with Gasteiger partial charge in [-0.05, 0) is 42.7 Å². The standard InChI is InChI=1S/C18H19N5O3S/c1-12-9-19-17-15(10-20-23(17)11-12)18(24)22-7-6-13-8-14(4-5-16(13)22)27(25,26)21(2)3/h4-5,8-11H,6-7H2,1-3H3. The highest BCUT2D eigenvalue weighted by Crippen LogP contribution is 2.32. The first-order chi connectivity index (χ1) is 12.8. The van der Waals surface area contributed by atoms with Crippen molar-refractivity contribution >= 4 is 27.3 Å². The molecule has 9 heteroatoms. The zero-order valence-corrected chi connectivity index (χ0v) is 16.1. The minimum absolute atomic E-state index is 0.191. The molecule has 1 amide bonds. The second kappa shape index (κ2) is 6.14. The Labute approximate surface area is 157 Å². The molecule has 2 aromatic heterocycles. The Balaban J connectivity index is 1.71. The number of hydrogen-bond acceptors (Lipinski definition) is 5. The van der Waals surface area contributed by atoms with E-state index < -0.39 is 10.0 Å². The van der Waals surface area contributed by atoms with Crippen molar-refractivity contribution in [3.05, 3.63) is 53.5 Å². The molecule has 1 aliphatic heterocycles. The van der Waals surface area contributed by atoms with Gasteiger partial charge in [0.15, 0.2) is 5.65 Å². The van der Waals surface area contributed by atoms with Crippen LogP contribution < -0.4 is 4.90 Å². The second-order valence-corrected chi connectivity index (χ2v) is 8.89. The summed E-state index contributed by atoms with van der Waals surface area (Å²) in [6.45, 7) is 2.40. The molecule has 0 unspecified atom stereocenters. The minimum atomic E-state index is -3.51. The summed E-state index contributed by atoms with van der Waals surface area (Å²) < 4.78 is 27.4. The average molecular weight is 385 g/mol. The highest BCUT2D eigenvalue weighted by atomic mass is 32.2. The maximum atomic E-state index is 13.1. The number of nitrogens with zero attached hydrogens (tertiary/aromatic N) is 5. The lowest BCUT2D eigenvalue weighted by molar-refractivity contribution is 0.0990. The van der Waals surface area contributed by atoms with E-state index in [1.165, 1.54) is 30.7 Å². The summed E-state index contributed by atoms with van der Waals surface area (Å²) in [6.07, 6.45) is 5.64. The van der Waals surface area contributed by atoms with E-state index in [0.29, 0.717) is 24.2 Å². The second-order valence-electron chi connectivity index (χ2n) is 6.74. The summed E-state index contributed by atoms with van der Waals surface area (Å²) in [5.74, 6) is -0.191. The monoisotopic (exact) mass is 385 g/mol. The molecule has 4 rings (SSSR count). The lowest BCUT2D eigenvalue weighted by Gasteiger charge is -2.17. The van der Waals surface area contributed by atoms with Gasteiger partial charge in [-0.25, -0.2) is 22.2 Å². The highest BCUT2D eigenvalue weighted by molar-refractivity contribution is 7.89. The Morgan fingerprint density at radius 2 is 2.00 bits per heavy atom. The van der Waals surface area contributed by atoms with Crippen LogP contribution in [0.1, 0.15) is 21.5 Å². The Hall–Kier alpha value is -2.78. The van der Waals surface area contributed by atoms with Crippen molar-refractivity contribution in [3.8, 4) is 0 Å². The molecule has 0 spiro atoms. The van der Waals surface area contributed by atoms with Gasteiger partial charge < -0.3 is 4.90 Å². The van der Waals surface area contributed by atoms with E-state index in [1.807, 2.05) is 13.1 Å². The van der Waals surface area contributed by atoms with Gasteiger partial charge in [-0.2, -0.15) is 5.10 Å². The van der Waals surface area contributed by atoms with Gasteiger partial charge in [-0.15, -0.1) is 0 Å². The van der Waals surface area contributed by atoms with Crippen LogP contribution in [0.3, 0.4) is 0 Å². The fourth-order valence-corrected chi connectivity index (χ4v) is 4.18. The van der Waals surface area contributed by atoms with Crippen molar-refractivity contribution in [2.24, 2.45) is 0 Å². The third kappa shape index (κ3) is 2.79. The van der Waals surface area contributed by atoms with Crippen molar-refractivity contribution in [2.45, 2.75) is 18.2 Å². The van der Waals surface area contributed by atoms with Gasteiger partial charge in [-0.1, -0.05) is 0 Å². The predicted molar refractivity (Wildman–Crippen MR) is 100 cm³/mol. The molecule has 0 atom stereocenters. The minimum Gasteiger partial charge on any atom is -0.308 e. The highest BCUT2D eigenvalue weighted by Gasteiger charge is 2.29. The summed E-state index contributed by atoms with van der Waals surface area (Å²) in [7, 11) is -0.509. The number of benzene rings is 1. The molecule has 140 valence electrons. The van der Waals surface area contributed by atoms with Gasteiger partial charge in [-0.3, -0.25) is 4.79 Å². The lowest BCUT2D eigenvalue weighted by atomic mass is 10.2. The number of rotatable bonds is 3. The molecule has 1 aliphatic rings. The molecular weight excluding hydrogens is 366 g/mol. The molecule has 1 aromatic carbocycles. The third-order valence-corrected chi connectivity index (χ3v) is 6.50. The Morgan fingerprint density at radius 3 is 2.74 bits per heavy atom. The Morgan fingerprint density at radius 1 is 1.22 bits per heavy atom. The number of amides is 1. The topological polar surface area (TPSA) is 87.9 Å². The molecule has 0 bridgehead atoms. The number of anilines is 1. The van der Waals surface area contributed by atoms with Crippen LogP contribution in [-0.4, -0.2) is 53.9 Å². The number of carbonyl (C=O) groups is 1. The predicted octanol–water partition coefficient (Wildman–Crippen LogP) is 1.49. The zero-order chi connectivity index (χ0) is 19.3. The zero-order valence-electron chi connectivity index (χ0n) is 15.2. The van der Waals surface area contributed by atoms with Crippen LogP contribution in [0.2, 0.25) is 0 Å². The third-order valence-electron chi connectivity index (χ3n) is 4.69. The number of aryl methyl sites for hydroxylation is 1. The molecule has 3 aromatic rings. The van der Waals surface area contributed by atoms with Gasteiger partial charge >= 0.3 is 0 Å². The van der Waals surface area contributed by atoms with E-state index in [9.17, 15) is 13.2 Å². The van der Waals surface area contributed by atoms with Crippen LogP contribution in [-0.2, 0) is 16.4 Å². The summed E-state index contributed by atoms with van der Waals surface area (Å²) in [4.78, 5) is 19.3. The van der Waals surface area contributed by atoms with E-state index in [2.05, 4.69) is 10.1 Å². The number of hydrogen-bond donors (Lipinski definition) is 0. The summed E-state index contributed by atoms with van der Waals surface area (Å²) in [5, 5.41) is 4.22. The fourth-order valence-electron chi connectivity index (χ4n) is 3.22. The quantitative estimate of drug-likeness (QED) is 0.682. The smallest absolute Gasteiger partial charge is 0.263 e. The van der Waals surface area contributed by atoms with Crippen molar-refractivity contribution < 1.29 is 13.2 Å². The summed E-state index contributed by atoms with van der Waals surface area (Å²) in [5.41, 5.74) is 3.44. The SMILES string of the molecule is Cc1cnc2c(C(=O)N3CCc4cc(S(=O)(=O)N(C)C)ccc43)cnn2c1. The molecule has 0 aliphatic carbocycles. The number of fused-ring (bicyclic) bond motifs is 2. The van der Waals surface area contributed by atoms with Crippen molar-refractivity contribution in [3.63, 3.8) is 0 Å². The van der Waals surface area contributed by atoms with Crippen molar-refractivity contribution in [1.29, 1.82) is 0 Å². The fraction of sp³-hybridized carbons (Fsp3) is 0.278. The molecule has 0 N–H and O–H groups in total. The van der Waals surface area contributed by atoms with E-state index in [-0.39, 0.29) is 10.8 Å². The van der Waals surface area contributed by atoms with E-state index >= 15 is 0 Å². The normalized spacial score (nSPS) is 14.1. The van der Waals surface area contributed by atoms with Gasteiger partial charge in [0.05, 0.1) is 11.1 Å². The molecule has 0 saturated carbocycles. The van der Waals surface area contributed by atoms with Crippen molar-refractivity contribution in [1.82, 2.24) is 18.9 Å². The number of aromatic nitrogens is 3. The van der Waals surface area contributed by atoms with E-state index in [4.69, 9.17) is 0 Å². The number of carbonyl (C=O) groups excluding carboxylic acids is 1. The van der Waals surface area contributed by atoms with Gasteiger partial charge in [0.2, 0.25) is 10.0 Å². The molecule has 27 heavy (non-hydrogen) atoms. The Kier molecular flexibility index (Phi) is 4.01. The van der Waals surface area contributed by atoms with Crippen LogP contribution in [0, 0.1) is 6.92 Å². The van der Waals surface area contributed by atoms with Crippen LogP contribution in [0.15, 0.2) is 41.7 Å². The molecule has 3 heterocycles. The maximum Gasteiger partial charge on any atom is 0.263 e. The molecule has 0 radical (unpaired) electrons. The van der Waals surface area contributed by atoms with Crippen molar-refractivity contribution in [2.75, 3.05) is 25.5 Å². The van der Waals surface area contributed by atoms with Crippen LogP contribution in [0.5, 0.6) is 0 Å². The average Bonchev–Trinajstić information content (AvgIpc) is 3.24. The van der Waals surface area contributed by atoms with Crippen LogP contribution in [0.4, 0.5) is 5.69 Å². The molecular formula is C18H19N5O3S. The largest absolute Gasteiger partial charge is 0.308 e. The first-order valence-corrected chi connectivity index (χ1v) is 9.90. The first kappa shape index (κ1) is 17.6. The lowest BCUT2D eigenvalue weighted by Crippen LogP contribution is -2.29. The summed E-state index contributed by atoms with van der Waals surface area (Å²) >= 11 is 0. The Bertz CT molecular complexity index is 1170. The number of sulfonamides is 1. The van der Waals surface area contributed by atoms with Gasteiger partial charge in [0.1, 0.15) is 5.56 Å². The summed E-state index contributed by atoms with van der Waals surface area (Å²) in [6, 6.07) is 4.88.